The molecule has 0 radical (unpaired) electrons. The second kappa shape index (κ2) is 5.25. The minimum Gasteiger partial charge on any atom is -0.480 e. The van der Waals surface area contributed by atoms with Gasteiger partial charge in [0.1, 0.15) is 18.6 Å². The standard InChI is InChI=1S/C11H10N4O4/c16-9(12-5-10(17)18)6-15-11(19)7-3-1-2-4-8(7)13-14-15/h1-4H,5-6H2,(H,12,16)(H,17,18). The lowest BCUT2D eigenvalue weighted by molar-refractivity contribution is -0.138. The van der Waals surface area contributed by atoms with Gasteiger partial charge in [-0.05, 0) is 12.1 Å². The number of aromatic nitrogens is 3. The van der Waals surface area contributed by atoms with Crippen molar-refractivity contribution in [1.82, 2.24) is 20.3 Å². The minimum atomic E-state index is -1.16. The first kappa shape index (κ1) is 12.7. The lowest BCUT2D eigenvalue weighted by Crippen LogP contribution is -2.36. The number of nitrogens with zero attached hydrogens (tertiary/aromatic N) is 3. The van der Waals surface area contributed by atoms with Crippen LogP contribution in [0, 0.1) is 0 Å². The number of aliphatic carboxylic acids is 1. The van der Waals surface area contributed by atoms with Crippen LogP contribution in [-0.4, -0.2) is 38.5 Å². The molecule has 8 nitrogen and oxygen atoms in total. The fraction of sp³-hybridized carbons (Fsp3) is 0.182. The third kappa shape index (κ3) is 2.92. The molecule has 1 amide bonds. The first-order valence-electron chi connectivity index (χ1n) is 5.39. The number of benzene rings is 1. The number of hydrogen-bond donors (Lipinski definition) is 2. The summed E-state index contributed by atoms with van der Waals surface area (Å²) in [6.07, 6.45) is 0. The van der Waals surface area contributed by atoms with E-state index < -0.39 is 24.0 Å². The Balaban J connectivity index is 2.22. The zero-order chi connectivity index (χ0) is 13.8. The van der Waals surface area contributed by atoms with Crippen molar-refractivity contribution in [3.8, 4) is 0 Å². The third-order valence-electron chi connectivity index (χ3n) is 2.36. The van der Waals surface area contributed by atoms with Crippen molar-refractivity contribution in [2.45, 2.75) is 6.54 Å². The fourth-order valence-corrected chi connectivity index (χ4v) is 1.49. The summed E-state index contributed by atoms with van der Waals surface area (Å²) in [6.45, 7) is -0.876. The van der Waals surface area contributed by atoms with Gasteiger partial charge in [-0.25, -0.2) is 4.68 Å². The summed E-state index contributed by atoms with van der Waals surface area (Å²) in [6, 6.07) is 6.62. The molecule has 8 heteroatoms. The normalized spacial score (nSPS) is 10.3. The van der Waals surface area contributed by atoms with Crippen LogP contribution in [-0.2, 0) is 16.1 Å². The molecular formula is C11H10N4O4. The predicted molar refractivity (Wildman–Crippen MR) is 64.4 cm³/mol. The highest BCUT2D eigenvalue weighted by atomic mass is 16.4. The zero-order valence-electron chi connectivity index (χ0n) is 9.74. The molecule has 0 saturated heterocycles. The highest BCUT2D eigenvalue weighted by Gasteiger charge is 2.09. The van der Waals surface area contributed by atoms with E-state index in [9.17, 15) is 14.4 Å². The second-order valence-corrected chi connectivity index (χ2v) is 3.74. The largest absolute Gasteiger partial charge is 0.480 e. The van der Waals surface area contributed by atoms with Crippen LogP contribution in [0.3, 0.4) is 0 Å². The average molecular weight is 262 g/mol. The Bertz CT molecular complexity index is 694. The van der Waals surface area contributed by atoms with Crippen LogP contribution < -0.4 is 10.9 Å². The summed E-state index contributed by atoms with van der Waals surface area (Å²) < 4.78 is 0.888. The number of rotatable bonds is 4. The summed E-state index contributed by atoms with van der Waals surface area (Å²) in [5.74, 6) is -1.78. The van der Waals surface area contributed by atoms with E-state index >= 15 is 0 Å². The Morgan fingerprint density at radius 2 is 2.05 bits per heavy atom. The Morgan fingerprint density at radius 3 is 2.79 bits per heavy atom. The lowest BCUT2D eigenvalue weighted by Gasteiger charge is -2.04. The van der Waals surface area contributed by atoms with E-state index in [0.29, 0.717) is 10.9 Å². The average Bonchev–Trinajstić information content (AvgIpc) is 2.40. The van der Waals surface area contributed by atoms with Crippen molar-refractivity contribution in [3.05, 3.63) is 34.6 Å². The molecular weight excluding hydrogens is 252 g/mol. The van der Waals surface area contributed by atoms with Crippen LogP contribution in [0.1, 0.15) is 0 Å². The van der Waals surface area contributed by atoms with Crippen molar-refractivity contribution in [2.75, 3.05) is 6.54 Å². The van der Waals surface area contributed by atoms with Gasteiger partial charge in [0, 0.05) is 0 Å². The summed E-state index contributed by atoms with van der Waals surface area (Å²) in [7, 11) is 0. The van der Waals surface area contributed by atoms with Crippen LogP contribution in [0.15, 0.2) is 29.1 Å². The molecule has 2 N–H and O–H groups in total. The van der Waals surface area contributed by atoms with Crippen LogP contribution >= 0.6 is 0 Å². The summed E-state index contributed by atoms with van der Waals surface area (Å²) >= 11 is 0. The van der Waals surface area contributed by atoms with Gasteiger partial charge in [0.25, 0.3) is 5.56 Å². The van der Waals surface area contributed by atoms with Gasteiger partial charge in [-0.1, -0.05) is 17.3 Å². The van der Waals surface area contributed by atoms with E-state index in [1.54, 1.807) is 24.3 Å². The number of fused-ring (bicyclic) bond motifs is 1. The number of amides is 1. The molecule has 0 spiro atoms. The van der Waals surface area contributed by atoms with Gasteiger partial charge in [-0.15, -0.1) is 5.10 Å². The Kier molecular flexibility index (Phi) is 3.51. The number of hydrogen-bond acceptors (Lipinski definition) is 5. The van der Waals surface area contributed by atoms with Crippen LogP contribution in [0.25, 0.3) is 10.9 Å². The van der Waals surface area contributed by atoms with E-state index in [0.717, 1.165) is 4.68 Å². The quantitative estimate of drug-likeness (QED) is 0.729. The first-order chi connectivity index (χ1) is 9.08. The monoisotopic (exact) mass is 262 g/mol. The van der Waals surface area contributed by atoms with Gasteiger partial charge in [0.15, 0.2) is 0 Å². The van der Waals surface area contributed by atoms with Crippen LogP contribution in [0.4, 0.5) is 0 Å². The van der Waals surface area contributed by atoms with Gasteiger partial charge in [-0.3, -0.25) is 14.4 Å². The Labute approximate surface area is 106 Å². The van der Waals surface area contributed by atoms with Crippen molar-refractivity contribution < 1.29 is 14.7 Å². The fourth-order valence-electron chi connectivity index (χ4n) is 1.49. The van der Waals surface area contributed by atoms with Gasteiger partial charge in [0.05, 0.1) is 5.39 Å². The molecule has 1 heterocycles. The van der Waals surface area contributed by atoms with E-state index in [-0.39, 0.29) is 6.54 Å². The molecule has 0 saturated carbocycles. The van der Waals surface area contributed by atoms with Gasteiger partial charge < -0.3 is 10.4 Å². The lowest BCUT2D eigenvalue weighted by atomic mass is 10.2. The smallest absolute Gasteiger partial charge is 0.322 e. The SMILES string of the molecule is O=C(O)CNC(=O)Cn1nnc2ccccc2c1=O. The molecule has 0 aliphatic rings. The van der Waals surface area contributed by atoms with Crippen molar-refractivity contribution in [1.29, 1.82) is 0 Å². The molecule has 19 heavy (non-hydrogen) atoms. The van der Waals surface area contributed by atoms with Crippen LogP contribution in [0.5, 0.6) is 0 Å². The minimum absolute atomic E-state index is 0.350. The maximum atomic E-state index is 12.0. The maximum absolute atomic E-state index is 12.0. The molecule has 1 aromatic heterocycles. The summed E-state index contributed by atoms with van der Waals surface area (Å²) in [5, 5.41) is 18.3. The van der Waals surface area contributed by atoms with Crippen molar-refractivity contribution in [3.63, 3.8) is 0 Å². The molecule has 0 atom stereocenters. The number of carbonyl (C=O) groups is 2. The Morgan fingerprint density at radius 1 is 1.32 bits per heavy atom. The van der Waals surface area contributed by atoms with Crippen LogP contribution in [0.2, 0.25) is 0 Å². The van der Waals surface area contributed by atoms with E-state index in [2.05, 4.69) is 15.6 Å². The first-order valence-corrected chi connectivity index (χ1v) is 5.39. The van der Waals surface area contributed by atoms with E-state index in [1.807, 2.05) is 0 Å². The molecule has 0 aliphatic carbocycles. The van der Waals surface area contributed by atoms with Gasteiger partial charge >= 0.3 is 5.97 Å². The predicted octanol–water partition coefficient (Wildman–Crippen LogP) is -1.01. The molecule has 0 bridgehead atoms. The van der Waals surface area contributed by atoms with Crippen molar-refractivity contribution in [2.24, 2.45) is 0 Å². The van der Waals surface area contributed by atoms with Crippen molar-refractivity contribution >= 4 is 22.8 Å². The number of carboxylic acid groups (broad SMARTS) is 1. The highest BCUT2D eigenvalue weighted by Crippen LogP contribution is 2.02. The summed E-state index contributed by atoms with van der Waals surface area (Å²) in [4.78, 5) is 33.7. The molecule has 2 aromatic rings. The molecule has 98 valence electrons. The maximum Gasteiger partial charge on any atom is 0.322 e. The van der Waals surface area contributed by atoms with Gasteiger partial charge in [0.2, 0.25) is 5.91 Å². The number of nitrogens with one attached hydrogen (secondary N) is 1. The molecule has 1 aromatic carbocycles. The highest BCUT2D eigenvalue weighted by molar-refractivity contribution is 5.81. The second-order valence-electron chi connectivity index (χ2n) is 3.74. The van der Waals surface area contributed by atoms with E-state index in [4.69, 9.17) is 5.11 Å². The van der Waals surface area contributed by atoms with Gasteiger partial charge in [-0.2, -0.15) is 0 Å². The topological polar surface area (TPSA) is 114 Å². The zero-order valence-corrected chi connectivity index (χ0v) is 9.74. The Hall–Kier alpha value is -2.77. The number of carbonyl (C=O) groups excluding carboxylic acids is 1. The molecule has 0 aliphatic heterocycles. The molecule has 0 unspecified atom stereocenters. The van der Waals surface area contributed by atoms with E-state index in [1.165, 1.54) is 0 Å². The summed E-state index contributed by atoms with van der Waals surface area (Å²) in [5.41, 5.74) is -0.00855. The third-order valence-corrected chi connectivity index (χ3v) is 2.36. The number of carboxylic acids is 1. The molecule has 2 rings (SSSR count). The molecule has 0 fully saturated rings.